The number of hydrogen-bond acceptors (Lipinski definition) is 1. The van der Waals surface area contributed by atoms with Crippen LogP contribution in [0.4, 0.5) is 0 Å². The molecule has 0 saturated carbocycles. The predicted octanol–water partition coefficient (Wildman–Crippen LogP) is 3.06. The van der Waals surface area contributed by atoms with Gasteiger partial charge in [-0.25, -0.2) is 0 Å². The Balaban J connectivity index is 2.25. The Morgan fingerprint density at radius 3 is 3.06 bits per heavy atom. The molecule has 2 nitrogen and oxygen atoms in total. The van der Waals surface area contributed by atoms with Crippen LogP contribution in [0.3, 0.4) is 0 Å². The van der Waals surface area contributed by atoms with E-state index in [4.69, 9.17) is 0 Å². The molecule has 2 N–H and O–H groups in total. The number of aromatic amines is 1. The van der Waals surface area contributed by atoms with Crippen LogP contribution in [-0.2, 0) is 6.42 Å². The fourth-order valence-electron chi connectivity index (χ4n) is 2.48. The zero-order chi connectivity index (χ0) is 11.0. The van der Waals surface area contributed by atoms with Gasteiger partial charge < -0.3 is 10.3 Å². The van der Waals surface area contributed by atoms with E-state index in [9.17, 15) is 0 Å². The van der Waals surface area contributed by atoms with Crippen LogP contribution in [0.2, 0.25) is 0 Å². The summed E-state index contributed by atoms with van der Waals surface area (Å²) < 4.78 is 0. The van der Waals surface area contributed by atoms with Crippen LogP contribution in [0.15, 0.2) is 30.3 Å². The van der Waals surface area contributed by atoms with E-state index in [1.807, 2.05) is 0 Å². The van der Waals surface area contributed by atoms with Gasteiger partial charge in [-0.05, 0) is 24.5 Å². The molecule has 1 aliphatic heterocycles. The lowest BCUT2D eigenvalue weighted by molar-refractivity contribution is 0.811. The number of aromatic nitrogens is 1. The molecule has 2 aromatic rings. The highest BCUT2D eigenvalue weighted by Crippen LogP contribution is 2.29. The maximum absolute atomic E-state index is 3.52. The summed E-state index contributed by atoms with van der Waals surface area (Å²) in [7, 11) is 0. The van der Waals surface area contributed by atoms with Crippen molar-refractivity contribution >= 4 is 16.6 Å². The van der Waals surface area contributed by atoms with Crippen LogP contribution in [0.25, 0.3) is 16.6 Å². The van der Waals surface area contributed by atoms with Gasteiger partial charge in [0.05, 0.1) is 11.4 Å². The fourth-order valence-corrected chi connectivity index (χ4v) is 2.48. The van der Waals surface area contributed by atoms with Gasteiger partial charge >= 0.3 is 0 Å². The van der Waals surface area contributed by atoms with Crippen molar-refractivity contribution in [1.29, 1.82) is 0 Å². The first-order valence-corrected chi connectivity index (χ1v) is 5.94. The van der Waals surface area contributed by atoms with Crippen molar-refractivity contribution in [3.05, 3.63) is 41.6 Å². The van der Waals surface area contributed by atoms with Crippen LogP contribution >= 0.6 is 0 Å². The maximum Gasteiger partial charge on any atom is 0.0656 e. The molecule has 0 saturated heterocycles. The van der Waals surface area contributed by atoms with E-state index in [0.29, 0.717) is 0 Å². The molecule has 0 radical (unpaired) electrons. The first kappa shape index (κ1) is 9.52. The van der Waals surface area contributed by atoms with Crippen LogP contribution in [0.1, 0.15) is 24.6 Å². The van der Waals surface area contributed by atoms with Crippen molar-refractivity contribution in [3.63, 3.8) is 0 Å². The molecule has 82 valence electrons. The summed E-state index contributed by atoms with van der Waals surface area (Å²) in [5, 5.41) is 4.84. The molecule has 0 spiro atoms. The number of fused-ring (bicyclic) bond motifs is 3. The third-order valence-electron chi connectivity index (χ3n) is 3.18. The highest BCUT2D eigenvalue weighted by atomic mass is 14.9. The summed E-state index contributed by atoms with van der Waals surface area (Å²) in [6.07, 6.45) is 4.44. The van der Waals surface area contributed by atoms with Crippen LogP contribution < -0.4 is 5.32 Å². The Hall–Kier alpha value is -1.70. The number of H-pyrrole nitrogens is 1. The summed E-state index contributed by atoms with van der Waals surface area (Å²) in [4.78, 5) is 3.52. The average Bonchev–Trinajstić information content (AvgIpc) is 2.69. The Morgan fingerprint density at radius 1 is 1.31 bits per heavy atom. The van der Waals surface area contributed by atoms with Crippen molar-refractivity contribution in [2.45, 2.75) is 19.8 Å². The SMILES string of the molecule is CC/C=C1\NCCc2c1[nH]c1ccccc21. The second kappa shape index (κ2) is 3.71. The Morgan fingerprint density at radius 2 is 2.19 bits per heavy atom. The predicted molar refractivity (Wildman–Crippen MR) is 68.3 cm³/mol. The monoisotopic (exact) mass is 212 g/mol. The fraction of sp³-hybridized carbons (Fsp3) is 0.286. The molecule has 0 amide bonds. The number of hydrogen-bond donors (Lipinski definition) is 2. The van der Waals surface area contributed by atoms with Gasteiger partial charge in [0.25, 0.3) is 0 Å². The van der Waals surface area contributed by atoms with Gasteiger partial charge in [0.1, 0.15) is 0 Å². The standard InChI is InChI=1S/C14H16N2/c1-2-5-13-14-11(8-9-15-13)10-6-3-4-7-12(10)16-14/h3-7,15-16H,2,8-9H2,1H3/b13-5-. The molecule has 3 rings (SSSR count). The van der Waals surface area contributed by atoms with E-state index >= 15 is 0 Å². The van der Waals surface area contributed by atoms with Crippen molar-refractivity contribution in [2.75, 3.05) is 6.54 Å². The number of allylic oxidation sites excluding steroid dienone is 1. The minimum Gasteiger partial charge on any atom is -0.383 e. The highest BCUT2D eigenvalue weighted by Gasteiger charge is 2.17. The minimum absolute atomic E-state index is 1.04. The van der Waals surface area contributed by atoms with Gasteiger partial charge in [-0.1, -0.05) is 31.2 Å². The quantitative estimate of drug-likeness (QED) is 0.747. The summed E-state index contributed by atoms with van der Waals surface area (Å²) >= 11 is 0. The van der Waals surface area contributed by atoms with Gasteiger partial charge in [-0.2, -0.15) is 0 Å². The Labute approximate surface area is 95.4 Å². The van der Waals surface area contributed by atoms with E-state index in [-0.39, 0.29) is 0 Å². The lowest BCUT2D eigenvalue weighted by Crippen LogP contribution is -2.22. The molecule has 1 aromatic carbocycles. The second-order valence-electron chi connectivity index (χ2n) is 4.23. The smallest absolute Gasteiger partial charge is 0.0656 e. The van der Waals surface area contributed by atoms with E-state index in [1.54, 1.807) is 0 Å². The van der Waals surface area contributed by atoms with E-state index in [1.165, 1.54) is 27.9 Å². The summed E-state index contributed by atoms with van der Waals surface area (Å²) in [5.41, 5.74) is 5.27. The third kappa shape index (κ3) is 1.33. The Kier molecular flexibility index (Phi) is 2.21. The van der Waals surface area contributed by atoms with Crippen LogP contribution in [0.5, 0.6) is 0 Å². The molecule has 0 atom stereocenters. The molecular formula is C14H16N2. The number of nitrogens with one attached hydrogen (secondary N) is 2. The first-order chi connectivity index (χ1) is 7.90. The first-order valence-electron chi connectivity index (χ1n) is 5.94. The van der Waals surface area contributed by atoms with Crippen molar-refractivity contribution in [1.82, 2.24) is 10.3 Å². The highest BCUT2D eigenvalue weighted by molar-refractivity contribution is 5.89. The van der Waals surface area contributed by atoms with Gasteiger partial charge in [-0.3, -0.25) is 0 Å². The Bertz CT molecular complexity index is 549. The number of para-hydroxylation sites is 1. The second-order valence-corrected chi connectivity index (χ2v) is 4.23. The van der Waals surface area contributed by atoms with E-state index in [2.05, 4.69) is 47.6 Å². The van der Waals surface area contributed by atoms with Gasteiger partial charge in [0.2, 0.25) is 0 Å². The lowest BCUT2D eigenvalue weighted by atomic mass is 10.0. The lowest BCUT2D eigenvalue weighted by Gasteiger charge is -2.17. The summed E-state index contributed by atoms with van der Waals surface area (Å²) in [6, 6.07) is 8.55. The molecule has 2 heteroatoms. The third-order valence-corrected chi connectivity index (χ3v) is 3.18. The normalized spacial score (nSPS) is 17.4. The zero-order valence-electron chi connectivity index (χ0n) is 9.51. The van der Waals surface area contributed by atoms with E-state index in [0.717, 1.165) is 19.4 Å². The molecular weight excluding hydrogens is 196 g/mol. The molecule has 16 heavy (non-hydrogen) atoms. The minimum atomic E-state index is 1.04. The van der Waals surface area contributed by atoms with Crippen LogP contribution in [-0.4, -0.2) is 11.5 Å². The van der Waals surface area contributed by atoms with Gasteiger partial charge in [0, 0.05) is 17.4 Å². The van der Waals surface area contributed by atoms with Gasteiger partial charge in [-0.15, -0.1) is 0 Å². The molecule has 0 bridgehead atoms. The maximum atomic E-state index is 3.52. The van der Waals surface area contributed by atoms with Crippen LogP contribution in [0, 0.1) is 0 Å². The average molecular weight is 212 g/mol. The number of rotatable bonds is 1. The molecule has 0 fully saturated rings. The molecule has 0 aliphatic carbocycles. The van der Waals surface area contributed by atoms with Crippen molar-refractivity contribution in [2.24, 2.45) is 0 Å². The molecule has 0 unspecified atom stereocenters. The largest absolute Gasteiger partial charge is 0.383 e. The van der Waals surface area contributed by atoms with E-state index < -0.39 is 0 Å². The summed E-state index contributed by atoms with van der Waals surface area (Å²) in [5.74, 6) is 0. The summed E-state index contributed by atoms with van der Waals surface area (Å²) in [6.45, 7) is 3.21. The van der Waals surface area contributed by atoms with Crippen molar-refractivity contribution in [3.8, 4) is 0 Å². The van der Waals surface area contributed by atoms with Crippen molar-refractivity contribution < 1.29 is 0 Å². The number of benzene rings is 1. The zero-order valence-corrected chi connectivity index (χ0v) is 9.51. The molecule has 1 aliphatic rings. The molecule has 2 heterocycles. The van der Waals surface area contributed by atoms with Gasteiger partial charge in [0.15, 0.2) is 0 Å². The topological polar surface area (TPSA) is 27.8 Å². The molecule has 1 aromatic heterocycles.